The number of ether oxygens (including phenoxy) is 1. The fourth-order valence-corrected chi connectivity index (χ4v) is 3.48. The van der Waals surface area contributed by atoms with Gasteiger partial charge in [0, 0.05) is 30.4 Å². The van der Waals surface area contributed by atoms with Gasteiger partial charge in [0.2, 0.25) is 0 Å². The van der Waals surface area contributed by atoms with Crippen LogP contribution in [0.5, 0.6) is 0 Å². The van der Waals surface area contributed by atoms with E-state index in [-0.39, 0.29) is 6.09 Å². The first-order chi connectivity index (χ1) is 9.60. The minimum absolute atomic E-state index is 0.161. The highest BCUT2D eigenvalue weighted by atomic mass is 32.2. The van der Waals surface area contributed by atoms with Crippen molar-refractivity contribution in [3.05, 3.63) is 0 Å². The van der Waals surface area contributed by atoms with Gasteiger partial charge in [-0.25, -0.2) is 4.79 Å². The molecule has 4 nitrogen and oxygen atoms in total. The maximum absolute atomic E-state index is 11.6. The van der Waals surface area contributed by atoms with Gasteiger partial charge in [0.05, 0.1) is 6.61 Å². The SMILES string of the molecule is CCOC(=O)N1CCC(NCC(CC)(CC)SC)CC1. The summed E-state index contributed by atoms with van der Waals surface area (Å²) >= 11 is 1.97. The van der Waals surface area contributed by atoms with Gasteiger partial charge in [-0.1, -0.05) is 13.8 Å². The summed E-state index contributed by atoms with van der Waals surface area (Å²) in [6, 6.07) is 0.533. The second kappa shape index (κ2) is 8.78. The second-order valence-corrected chi connectivity index (χ2v) is 6.71. The highest BCUT2D eigenvalue weighted by molar-refractivity contribution is 8.00. The van der Waals surface area contributed by atoms with Gasteiger partial charge in [0.15, 0.2) is 0 Å². The molecular weight excluding hydrogens is 272 g/mol. The third-order valence-corrected chi connectivity index (χ3v) is 6.04. The number of likely N-dealkylation sites (tertiary alicyclic amines) is 1. The zero-order valence-corrected chi connectivity index (χ0v) is 14.2. The average molecular weight is 302 g/mol. The van der Waals surface area contributed by atoms with Crippen LogP contribution in [0, 0.1) is 0 Å². The van der Waals surface area contributed by atoms with Crippen molar-refractivity contribution in [1.29, 1.82) is 0 Å². The van der Waals surface area contributed by atoms with E-state index in [1.54, 1.807) is 0 Å². The maximum Gasteiger partial charge on any atom is 0.409 e. The van der Waals surface area contributed by atoms with Crippen molar-refractivity contribution in [3.63, 3.8) is 0 Å². The van der Waals surface area contributed by atoms with Gasteiger partial charge >= 0.3 is 6.09 Å². The first-order valence-corrected chi connectivity index (χ1v) is 9.03. The standard InChI is InChI=1S/C15H30N2O2S/c1-5-15(6-2,20-4)12-16-13-8-10-17(11-9-13)14(18)19-7-3/h13,16H,5-12H2,1-4H3. The van der Waals surface area contributed by atoms with Crippen LogP contribution in [0.1, 0.15) is 46.5 Å². The summed E-state index contributed by atoms with van der Waals surface area (Å²) in [6.07, 6.45) is 6.48. The number of amides is 1. The predicted octanol–water partition coefficient (Wildman–Crippen LogP) is 3.12. The molecular formula is C15H30N2O2S. The molecule has 0 atom stereocenters. The van der Waals surface area contributed by atoms with Crippen LogP contribution >= 0.6 is 11.8 Å². The highest BCUT2D eigenvalue weighted by Crippen LogP contribution is 2.30. The first-order valence-electron chi connectivity index (χ1n) is 7.81. The Morgan fingerprint density at radius 3 is 2.35 bits per heavy atom. The van der Waals surface area contributed by atoms with E-state index in [9.17, 15) is 4.79 Å². The van der Waals surface area contributed by atoms with Crippen LogP contribution in [0.15, 0.2) is 0 Å². The second-order valence-electron chi connectivity index (χ2n) is 5.44. The zero-order chi connectivity index (χ0) is 15.0. The third-order valence-electron chi connectivity index (χ3n) is 4.46. The normalized spacial score (nSPS) is 17.3. The molecule has 1 N–H and O–H groups in total. The van der Waals surface area contributed by atoms with Crippen LogP contribution in [0.25, 0.3) is 0 Å². The molecule has 0 unspecified atom stereocenters. The fourth-order valence-electron chi connectivity index (χ4n) is 2.67. The van der Waals surface area contributed by atoms with E-state index in [1.807, 2.05) is 23.6 Å². The lowest BCUT2D eigenvalue weighted by atomic mass is 9.99. The molecule has 0 saturated carbocycles. The summed E-state index contributed by atoms with van der Waals surface area (Å²) in [6.45, 7) is 9.52. The Morgan fingerprint density at radius 2 is 1.90 bits per heavy atom. The molecule has 1 fully saturated rings. The lowest BCUT2D eigenvalue weighted by molar-refractivity contribution is 0.0949. The van der Waals surface area contributed by atoms with Crippen molar-refractivity contribution in [1.82, 2.24) is 10.2 Å². The Bertz CT molecular complexity index is 279. The summed E-state index contributed by atoms with van der Waals surface area (Å²) in [5.74, 6) is 0. The first kappa shape index (κ1) is 17.6. The van der Waals surface area contributed by atoms with Crippen molar-refractivity contribution in [3.8, 4) is 0 Å². The number of carbonyl (C=O) groups is 1. The van der Waals surface area contributed by atoms with Crippen molar-refractivity contribution in [2.24, 2.45) is 0 Å². The molecule has 0 aromatic carbocycles. The largest absolute Gasteiger partial charge is 0.450 e. The van der Waals surface area contributed by atoms with Gasteiger partial charge in [-0.15, -0.1) is 0 Å². The summed E-state index contributed by atoms with van der Waals surface area (Å²) in [5.41, 5.74) is 0. The highest BCUT2D eigenvalue weighted by Gasteiger charge is 2.28. The van der Waals surface area contributed by atoms with Gasteiger partial charge in [-0.2, -0.15) is 11.8 Å². The van der Waals surface area contributed by atoms with E-state index in [1.165, 1.54) is 12.8 Å². The summed E-state index contributed by atoms with van der Waals surface area (Å²) in [7, 11) is 0. The lowest BCUT2D eigenvalue weighted by Crippen LogP contribution is -2.48. The smallest absolute Gasteiger partial charge is 0.409 e. The van der Waals surface area contributed by atoms with Crippen molar-refractivity contribution < 1.29 is 9.53 Å². The van der Waals surface area contributed by atoms with E-state index < -0.39 is 0 Å². The maximum atomic E-state index is 11.6. The monoisotopic (exact) mass is 302 g/mol. The van der Waals surface area contributed by atoms with Crippen molar-refractivity contribution >= 4 is 17.9 Å². The Morgan fingerprint density at radius 1 is 1.30 bits per heavy atom. The molecule has 1 saturated heterocycles. The number of hydrogen-bond donors (Lipinski definition) is 1. The Labute approximate surface area is 128 Å². The van der Waals surface area contributed by atoms with Gasteiger partial charge in [-0.05, 0) is 38.9 Å². The number of hydrogen-bond acceptors (Lipinski definition) is 4. The van der Waals surface area contributed by atoms with E-state index in [0.29, 0.717) is 17.4 Å². The molecule has 0 aromatic rings. The van der Waals surface area contributed by atoms with Crippen LogP contribution in [-0.2, 0) is 4.74 Å². The molecule has 0 spiro atoms. The molecule has 118 valence electrons. The van der Waals surface area contributed by atoms with E-state index >= 15 is 0 Å². The van der Waals surface area contributed by atoms with Crippen LogP contribution in [0.3, 0.4) is 0 Å². The van der Waals surface area contributed by atoms with Crippen LogP contribution < -0.4 is 5.32 Å². The number of rotatable bonds is 7. The fraction of sp³-hybridized carbons (Fsp3) is 0.933. The van der Waals surface area contributed by atoms with E-state index in [0.717, 1.165) is 32.5 Å². The van der Waals surface area contributed by atoms with Crippen molar-refractivity contribution in [2.45, 2.75) is 57.2 Å². The topological polar surface area (TPSA) is 41.6 Å². The Kier molecular flexibility index (Phi) is 7.74. The number of piperidine rings is 1. The summed E-state index contributed by atoms with van der Waals surface area (Å²) in [5, 5.41) is 3.71. The van der Waals surface area contributed by atoms with Gasteiger partial charge in [-0.3, -0.25) is 0 Å². The quantitative estimate of drug-likeness (QED) is 0.784. The molecule has 1 amide bonds. The summed E-state index contributed by atoms with van der Waals surface area (Å²) in [4.78, 5) is 13.5. The van der Waals surface area contributed by atoms with Crippen LogP contribution in [0.2, 0.25) is 0 Å². The molecule has 20 heavy (non-hydrogen) atoms. The van der Waals surface area contributed by atoms with E-state index in [2.05, 4.69) is 25.4 Å². The third kappa shape index (κ3) is 4.85. The molecule has 1 aliphatic heterocycles. The van der Waals surface area contributed by atoms with Crippen LogP contribution in [-0.4, -0.2) is 54.3 Å². The molecule has 0 radical (unpaired) electrons. The molecule has 0 aliphatic carbocycles. The molecule has 1 heterocycles. The van der Waals surface area contributed by atoms with E-state index in [4.69, 9.17) is 4.74 Å². The number of nitrogens with one attached hydrogen (secondary N) is 1. The van der Waals surface area contributed by atoms with Crippen LogP contribution in [0.4, 0.5) is 4.79 Å². The molecule has 0 bridgehead atoms. The number of thioether (sulfide) groups is 1. The number of carbonyl (C=O) groups excluding carboxylic acids is 1. The van der Waals surface area contributed by atoms with Gasteiger partial charge in [0.25, 0.3) is 0 Å². The Hall–Kier alpha value is -0.420. The average Bonchev–Trinajstić information content (AvgIpc) is 2.50. The Balaban J connectivity index is 2.34. The predicted molar refractivity (Wildman–Crippen MR) is 86.4 cm³/mol. The molecule has 1 rings (SSSR count). The zero-order valence-electron chi connectivity index (χ0n) is 13.4. The summed E-state index contributed by atoms with van der Waals surface area (Å²) < 4.78 is 5.41. The van der Waals surface area contributed by atoms with Gasteiger partial charge in [0.1, 0.15) is 0 Å². The molecule has 0 aromatic heterocycles. The lowest BCUT2D eigenvalue weighted by Gasteiger charge is -2.36. The van der Waals surface area contributed by atoms with Gasteiger partial charge < -0.3 is 15.0 Å². The molecule has 5 heteroatoms. The van der Waals surface area contributed by atoms with Crippen molar-refractivity contribution in [2.75, 3.05) is 32.5 Å². The molecule has 1 aliphatic rings. The number of nitrogens with zero attached hydrogens (tertiary/aromatic N) is 1. The minimum atomic E-state index is -0.161. The minimum Gasteiger partial charge on any atom is -0.450 e.